The molecular weight excluding hydrogens is 561 g/mol. The topological polar surface area (TPSA) is 51.6 Å². The molecule has 0 spiro atoms. The third-order valence-corrected chi connectivity index (χ3v) is 4.97. The Morgan fingerprint density at radius 1 is 0.774 bits per heavy atom. The molecule has 0 N–H and O–H groups in total. The fourth-order valence-corrected chi connectivity index (χ4v) is 3.25. The molecule has 0 unspecified atom stereocenters. The second-order valence-electron chi connectivity index (χ2n) is 9.68. The summed E-state index contributed by atoms with van der Waals surface area (Å²) >= 11 is 0. The Kier molecular flexibility index (Phi) is 6.40. The van der Waals surface area contributed by atoms with Crippen LogP contribution < -0.4 is 0 Å². The van der Waals surface area contributed by atoms with Gasteiger partial charge in [0.25, 0.3) is 0 Å². The number of hydrogen-bond donors (Lipinski definition) is 0. The molecule has 2 aromatic heterocycles. The zero-order valence-electron chi connectivity index (χ0n) is 18.8. The molecular formula is C26H27IrN4-. The van der Waals surface area contributed by atoms with E-state index in [4.69, 9.17) is 15.0 Å². The second-order valence-corrected chi connectivity index (χ2v) is 9.68. The predicted octanol–water partition coefficient (Wildman–Crippen LogP) is 6.15. The summed E-state index contributed by atoms with van der Waals surface area (Å²) in [6, 6.07) is 19.6. The van der Waals surface area contributed by atoms with Crippen LogP contribution in [0.15, 0.2) is 54.7 Å². The molecule has 0 fully saturated rings. The molecule has 4 rings (SSSR count). The van der Waals surface area contributed by atoms with Crippen molar-refractivity contribution in [1.82, 2.24) is 19.9 Å². The molecule has 0 aliphatic heterocycles. The van der Waals surface area contributed by atoms with Crippen LogP contribution >= 0.6 is 0 Å². The van der Waals surface area contributed by atoms with Crippen LogP contribution in [0.5, 0.6) is 0 Å². The number of nitrogens with zero attached hydrogens (tertiary/aromatic N) is 4. The minimum atomic E-state index is -0.168. The summed E-state index contributed by atoms with van der Waals surface area (Å²) in [5.74, 6) is 2.29. The van der Waals surface area contributed by atoms with Crippen molar-refractivity contribution in [3.63, 3.8) is 0 Å². The molecule has 161 valence electrons. The average molecular weight is 588 g/mol. The molecule has 4 nitrogen and oxygen atoms in total. The Morgan fingerprint density at radius 3 is 2.06 bits per heavy atom. The first kappa shape index (κ1) is 23.2. The third kappa shape index (κ3) is 4.89. The Hall–Kier alpha value is -2.49. The first-order chi connectivity index (χ1) is 14.1. The van der Waals surface area contributed by atoms with E-state index in [1.165, 1.54) is 0 Å². The first-order valence-electron chi connectivity index (χ1n) is 10.3. The summed E-state index contributed by atoms with van der Waals surface area (Å²) in [5.41, 5.74) is 2.45. The smallest absolute Gasteiger partial charge is 0.145 e. The van der Waals surface area contributed by atoms with Gasteiger partial charge in [-0.1, -0.05) is 71.4 Å². The maximum atomic E-state index is 4.83. The molecule has 5 heteroatoms. The van der Waals surface area contributed by atoms with Gasteiger partial charge in [0.2, 0.25) is 0 Å². The van der Waals surface area contributed by atoms with Gasteiger partial charge in [0.1, 0.15) is 17.5 Å². The molecule has 0 atom stereocenters. The van der Waals surface area contributed by atoms with Gasteiger partial charge in [0.15, 0.2) is 0 Å². The molecule has 2 aromatic carbocycles. The van der Waals surface area contributed by atoms with Crippen LogP contribution in [0.3, 0.4) is 0 Å². The van der Waals surface area contributed by atoms with Crippen molar-refractivity contribution in [3.8, 4) is 22.6 Å². The van der Waals surface area contributed by atoms with Crippen LogP contribution in [0.25, 0.3) is 33.4 Å². The van der Waals surface area contributed by atoms with Crippen molar-refractivity contribution < 1.29 is 20.1 Å². The zero-order chi connectivity index (χ0) is 21.5. The molecule has 4 aromatic rings. The van der Waals surface area contributed by atoms with Gasteiger partial charge in [-0.2, -0.15) is 0 Å². The van der Waals surface area contributed by atoms with Gasteiger partial charge < -0.3 is 4.98 Å². The molecule has 0 saturated carbocycles. The SMILES string of the molecule is CC(C)(C)c1nc(-c2cc[c-]c(-c3nccc4ccccc34)c2)nc(C(C)(C)C)n1.[Ir]. The molecule has 0 saturated heterocycles. The summed E-state index contributed by atoms with van der Waals surface area (Å²) < 4.78 is 0. The largest absolute Gasteiger partial charge is 0.304 e. The van der Waals surface area contributed by atoms with Crippen molar-refractivity contribution in [2.75, 3.05) is 0 Å². The van der Waals surface area contributed by atoms with Crippen LogP contribution in [0.2, 0.25) is 0 Å². The molecule has 2 heterocycles. The summed E-state index contributed by atoms with van der Waals surface area (Å²) in [5, 5.41) is 2.27. The second kappa shape index (κ2) is 8.56. The first-order valence-corrected chi connectivity index (χ1v) is 10.3. The zero-order valence-corrected chi connectivity index (χ0v) is 21.2. The van der Waals surface area contributed by atoms with Gasteiger partial charge in [-0.05, 0) is 22.5 Å². The van der Waals surface area contributed by atoms with Gasteiger partial charge >= 0.3 is 0 Å². The fraction of sp³-hybridized carbons (Fsp3) is 0.308. The maximum Gasteiger partial charge on any atom is 0.145 e. The van der Waals surface area contributed by atoms with Gasteiger partial charge in [-0.3, -0.25) is 0 Å². The number of aromatic nitrogens is 4. The van der Waals surface area contributed by atoms with Crippen LogP contribution in [0, 0.1) is 6.07 Å². The molecule has 0 aliphatic rings. The number of rotatable bonds is 2. The number of hydrogen-bond acceptors (Lipinski definition) is 4. The fourth-order valence-electron chi connectivity index (χ4n) is 3.25. The van der Waals surface area contributed by atoms with Gasteiger partial charge in [0.05, 0.1) is 0 Å². The molecule has 31 heavy (non-hydrogen) atoms. The van der Waals surface area contributed by atoms with E-state index in [9.17, 15) is 0 Å². The molecule has 0 aliphatic carbocycles. The Labute approximate surface area is 198 Å². The number of pyridine rings is 1. The van der Waals surface area contributed by atoms with Crippen molar-refractivity contribution >= 4 is 10.8 Å². The van der Waals surface area contributed by atoms with Crippen molar-refractivity contribution in [2.45, 2.75) is 52.4 Å². The minimum absolute atomic E-state index is 0. The quantitative estimate of drug-likeness (QED) is 0.264. The van der Waals surface area contributed by atoms with Crippen molar-refractivity contribution in [1.29, 1.82) is 0 Å². The maximum absolute atomic E-state index is 4.83. The Bertz CT molecular complexity index is 1180. The predicted molar refractivity (Wildman–Crippen MR) is 122 cm³/mol. The van der Waals surface area contributed by atoms with Gasteiger partial charge in [0, 0.05) is 37.1 Å². The monoisotopic (exact) mass is 588 g/mol. The van der Waals surface area contributed by atoms with Crippen molar-refractivity contribution in [3.05, 3.63) is 72.4 Å². The summed E-state index contributed by atoms with van der Waals surface area (Å²) in [6.45, 7) is 12.8. The summed E-state index contributed by atoms with van der Waals surface area (Å²) in [4.78, 5) is 19.1. The van der Waals surface area contributed by atoms with Crippen LogP contribution in [0.1, 0.15) is 53.2 Å². The van der Waals surface area contributed by atoms with Crippen LogP contribution in [0.4, 0.5) is 0 Å². The number of fused-ring (bicyclic) bond motifs is 1. The molecule has 0 amide bonds. The molecule has 0 bridgehead atoms. The number of benzene rings is 2. The Balaban J connectivity index is 0.00000272. The average Bonchev–Trinajstić information content (AvgIpc) is 2.72. The van der Waals surface area contributed by atoms with E-state index in [2.05, 4.69) is 70.8 Å². The Morgan fingerprint density at radius 2 is 1.42 bits per heavy atom. The van der Waals surface area contributed by atoms with E-state index in [0.717, 1.165) is 39.2 Å². The van der Waals surface area contributed by atoms with E-state index in [1.807, 2.05) is 36.5 Å². The van der Waals surface area contributed by atoms with E-state index in [-0.39, 0.29) is 30.9 Å². The van der Waals surface area contributed by atoms with E-state index < -0.39 is 0 Å². The normalized spacial score (nSPS) is 11.9. The standard InChI is InChI=1S/C26H27N4.Ir/c1-25(2,3)23-28-22(29-24(30-23)26(4,5)6)19-12-9-11-18(16-19)21-20-13-8-7-10-17(20)14-15-27-21;/h7-10,12-16H,1-6H3;/q-1;. The summed E-state index contributed by atoms with van der Waals surface area (Å²) in [6.07, 6.45) is 1.84. The van der Waals surface area contributed by atoms with Crippen LogP contribution in [-0.4, -0.2) is 19.9 Å². The van der Waals surface area contributed by atoms with E-state index in [0.29, 0.717) is 5.82 Å². The third-order valence-electron chi connectivity index (χ3n) is 4.97. The summed E-state index contributed by atoms with van der Waals surface area (Å²) in [7, 11) is 0. The van der Waals surface area contributed by atoms with Gasteiger partial charge in [-0.15, -0.1) is 29.8 Å². The van der Waals surface area contributed by atoms with Crippen molar-refractivity contribution in [2.24, 2.45) is 0 Å². The van der Waals surface area contributed by atoms with E-state index >= 15 is 0 Å². The van der Waals surface area contributed by atoms with Crippen LogP contribution in [-0.2, 0) is 30.9 Å². The van der Waals surface area contributed by atoms with Gasteiger partial charge in [-0.25, -0.2) is 15.0 Å². The van der Waals surface area contributed by atoms with E-state index in [1.54, 1.807) is 0 Å². The molecule has 1 radical (unpaired) electrons. The minimum Gasteiger partial charge on any atom is -0.304 e.